The molecule has 38 heavy (non-hydrogen) atoms. The van der Waals surface area contributed by atoms with Crippen LogP contribution in [0.25, 0.3) is 0 Å². The molecule has 7 nitrogen and oxygen atoms in total. The number of amides is 1. The second kappa shape index (κ2) is 13.2. The van der Waals surface area contributed by atoms with E-state index in [1.54, 1.807) is 42.5 Å². The quantitative estimate of drug-likeness (QED) is 0.484. The van der Waals surface area contributed by atoms with Crippen LogP contribution in [0.2, 0.25) is 0 Å². The van der Waals surface area contributed by atoms with Gasteiger partial charge in [-0.2, -0.15) is 4.31 Å². The van der Waals surface area contributed by atoms with Crippen molar-refractivity contribution in [2.45, 2.75) is 55.6 Å². The van der Waals surface area contributed by atoms with E-state index in [0.717, 1.165) is 31.2 Å². The summed E-state index contributed by atoms with van der Waals surface area (Å²) >= 11 is 0. The third-order valence-electron chi connectivity index (χ3n) is 7.90. The number of carbonyl (C=O) groups excluding carboxylic acids is 1. The fourth-order valence-electron chi connectivity index (χ4n) is 5.87. The number of piperidine rings is 1. The van der Waals surface area contributed by atoms with Gasteiger partial charge in [0.15, 0.2) is 0 Å². The molecule has 2 aromatic carbocycles. The van der Waals surface area contributed by atoms with Gasteiger partial charge in [-0.05, 0) is 94.3 Å². The first-order chi connectivity index (χ1) is 18.2. The fraction of sp³-hybridized carbons (Fsp3) is 0.552. The van der Waals surface area contributed by atoms with Gasteiger partial charge >= 0.3 is 0 Å². The molecule has 1 atom stereocenters. The standard InChI is InChI=1S/C29H40FN3O4S/c1-32(2)29(24-7-6-8-25(30)19-24)23-13-11-22(12-14-23)20-31-28(34)21-37-26-15-17-33(18-16-26)38(35,36)27-9-4-3-5-10-27/h3-10,19,22-23,26,29H,11-18,20-21H2,1-2H3,(H,31,34). The summed E-state index contributed by atoms with van der Waals surface area (Å²) in [5.41, 5.74) is 1.02. The molecule has 2 fully saturated rings. The largest absolute Gasteiger partial charge is 0.368 e. The zero-order chi connectivity index (χ0) is 27.1. The minimum absolute atomic E-state index is 0.00623. The highest BCUT2D eigenvalue weighted by molar-refractivity contribution is 7.89. The van der Waals surface area contributed by atoms with E-state index in [4.69, 9.17) is 4.74 Å². The molecule has 1 N–H and O–H groups in total. The Morgan fingerprint density at radius 1 is 1.03 bits per heavy atom. The predicted molar refractivity (Wildman–Crippen MR) is 145 cm³/mol. The van der Waals surface area contributed by atoms with Crippen LogP contribution in [-0.2, 0) is 19.6 Å². The highest BCUT2D eigenvalue weighted by Crippen LogP contribution is 2.39. The Kier molecular flexibility index (Phi) is 9.92. The molecule has 1 aliphatic heterocycles. The molecule has 1 amide bonds. The van der Waals surface area contributed by atoms with Crippen LogP contribution in [0.5, 0.6) is 0 Å². The second-order valence-corrected chi connectivity index (χ2v) is 12.7. The van der Waals surface area contributed by atoms with Gasteiger partial charge in [0.2, 0.25) is 15.9 Å². The number of carbonyl (C=O) groups is 1. The van der Waals surface area contributed by atoms with Gasteiger partial charge in [0.25, 0.3) is 0 Å². The summed E-state index contributed by atoms with van der Waals surface area (Å²) < 4.78 is 46.7. The average Bonchev–Trinajstić information content (AvgIpc) is 2.92. The molecule has 0 bridgehead atoms. The van der Waals surface area contributed by atoms with E-state index in [1.807, 2.05) is 20.2 Å². The second-order valence-electron chi connectivity index (χ2n) is 10.8. The summed E-state index contributed by atoms with van der Waals surface area (Å²) in [6.07, 6.45) is 5.16. The van der Waals surface area contributed by atoms with Gasteiger partial charge in [-0.25, -0.2) is 12.8 Å². The zero-order valence-electron chi connectivity index (χ0n) is 22.4. The smallest absolute Gasteiger partial charge is 0.246 e. The summed E-state index contributed by atoms with van der Waals surface area (Å²) in [5.74, 6) is 0.559. The van der Waals surface area contributed by atoms with Crippen molar-refractivity contribution in [3.05, 3.63) is 66.0 Å². The molecule has 0 spiro atoms. The Morgan fingerprint density at radius 2 is 1.71 bits per heavy atom. The van der Waals surface area contributed by atoms with Crippen molar-refractivity contribution < 1.29 is 22.3 Å². The van der Waals surface area contributed by atoms with Crippen LogP contribution < -0.4 is 5.32 Å². The molecule has 1 heterocycles. The van der Waals surface area contributed by atoms with Crippen molar-refractivity contribution in [2.75, 3.05) is 40.3 Å². The summed E-state index contributed by atoms with van der Waals surface area (Å²) in [4.78, 5) is 14.9. The van der Waals surface area contributed by atoms with Crippen molar-refractivity contribution in [3.8, 4) is 0 Å². The number of hydrogen-bond acceptors (Lipinski definition) is 5. The lowest BCUT2D eigenvalue weighted by Crippen LogP contribution is -2.42. The highest BCUT2D eigenvalue weighted by atomic mass is 32.2. The van der Waals surface area contributed by atoms with Gasteiger partial charge in [0.05, 0.1) is 11.0 Å². The SMILES string of the molecule is CN(C)C(c1cccc(F)c1)C1CCC(CNC(=O)COC2CCN(S(=O)(=O)c3ccccc3)CC2)CC1. The Morgan fingerprint density at radius 3 is 2.34 bits per heavy atom. The average molecular weight is 546 g/mol. The van der Waals surface area contributed by atoms with Gasteiger partial charge in [-0.15, -0.1) is 0 Å². The number of rotatable bonds is 10. The van der Waals surface area contributed by atoms with Gasteiger partial charge in [0, 0.05) is 25.7 Å². The molecule has 0 aromatic heterocycles. The van der Waals surface area contributed by atoms with Crippen LogP contribution in [0.1, 0.15) is 50.1 Å². The number of halogens is 1. The molecule has 0 radical (unpaired) electrons. The van der Waals surface area contributed by atoms with Crippen molar-refractivity contribution in [3.63, 3.8) is 0 Å². The van der Waals surface area contributed by atoms with Crippen LogP contribution in [0.4, 0.5) is 4.39 Å². The van der Waals surface area contributed by atoms with Crippen LogP contribution in [-0.4, -0.2) is 70.0 Å². The molecule has 1 unspecified atom stereocenters. The molecular formula is C29H40FN3O4S. The third-order valence-corrected chi connectivity index (χ3v) is 9.82. The molecule has 9 heteroatoms. The summed E-state index contributed by atoms with van der Waals surface area (Å²) in [6, 6.07) is 15.6. The lowest BCUT2D eigenvalue weighted by Gasteiger charge is -2.37. The predicted octanol–water partition coefficient (Wildman–Crippen LogP) is 4.22. The molecular weight excluding hydrogens is 505 g/mol. The van der Waals surface area contributed by atoms with Crippen LogP contribution >= 0.6 is 0 Å². The van der Waals surface area contributed by atoms with Gasteiger partial charge < -0.3 is 15.0 Å². The number of nitrogens with zero attached hydrogens (tertiary/aromatic N) is 2. The van der Waals surface area contributed by atoms with E-state index in [1.165, 1.54) is 10.4 Å². The normalized spacial score (nSPS) is 22.3. The maximum Gasteiger partial charge on any atom is 0.246 e. The monoisotopic (exact) mass is 545 g/mol. The first-order valence-electron chi connectivity index (χ1n) is 13.6. The summed E-state index contributed by atoms with van der Waals surface area (Å²) in [6.45, 7) is 1.40. The van der Waals surface area contributed by atoms with E-state index in [0.29, 0.717) is 49.2 Å². The van der Waals surface area contributed by atoms with Gasteiger partial charge in [0.1, 0.15) is 12.4 Å². The highest BCUT2D eigenvalue weighted by Gasteiger charge is 2.31. The Balaban J connectivity index is 1.15. The van der Waals surface area contributed by atoms with E-state index in [2.05, 4.69) is 10.2 Å². The van der Waals surface area contributed by atoms with Crippen molar-refractivity contribution in [1.82, 2.24) is 14.5 Å². The number of hydrogen-bond donors (Lipinski definition) is 1. The van der Waals surface area contributed by atoms with Crippen LogP contribution in [0, 0.1) is 17.7 Å². The number of ether oxygens (including phenoxy) is 1. The molecule has 4 rings (SSSR count). The number of benzene rings is 2. The van der Waals surface area contributed by atoms with E-state index >= 15 is 0 Å². The van der Waals surface area contributed by atoms with Gasteiger partial charge in [-0.1, -0.05) is 30.3 Å². The maximum atomic E-state index is 13.8. The number of sulfonamides is 1. The molecule has 1 saturated carbocycles. The van der Waals surface area contributed by atoms with E-state index in [-0.39, 0.29) is 30.5 Å². The van der Waals surface area contributed by atoms with Gasteiger partial charge in [-0.3, -0.25) is 4.79 Å². The lowest BCUT2D eigenvalue weighted by atomic mass is 9.76. The van der Waals surface area contributed by atoms with Crippen molar-refractivity contribution in [2.24, 2.45) is 11.8 Å². The Bertz CT molecular complexity index is 1150. The minimum Gasteiger partial charge on any atom is -0.368 e. The molecule has 1 saturated heterocycles. The summed E-state index contributed by atoms with van der Waals surface area (Å²) in [7, 11) is 0.608. The van der Waals surface area contributed by atoms with E-state index in [9.17, 15) is 17.6 Å². The zero-order valence-corrected chi connectivity index (χ0v) is 23.2. The maximum absolute atomic E-state index is 13.8. The van der Waals surface area contributed by atoms with Crippen molar-refractivity contribution in [1.29, 1.82) is 0 Å². The molecule has 208 valence electrons. The van der Waals surface area contributed by atoms with Crippen LogP contribution in [0.15, 0.2) is 59.5 Å². The first-order valence-corrected chi connectivity index (χ1v) is 15.0. The molecule has 2 aliphatic rings. The minimum atomic E-state index is -3.49. The number of nitrogens with one attached hydrogen (secondary N) is 1. The van der Waals surface area contributed by atoms with Crippen molar-refractivity contribution >= 4 is 15.9 Å². The Hall–Kier alpha value is -2.33. The third kappa shape index (κ3) is 7.40. The Labute approximate surface area is 226 Å². The molecule has 1 aliphatic carbocycles. The summed E-state index contributed by atoms with van der Waals surface area (Å²) in [5, 5.41) is 3.02. The first kappa shape index (κ1) is 28.7. The lowest BCUT2D eigenvalue weighted by molar-refractivity contribution is -0.128. The fourth-order valence-corrected chi connectivity index (χ4v) is 7.36. The van der Waals surface area contributed by atoms with Crippen LogP contribution in [0.3, 0.4) is 0 Å². The topological polar surface area (TPSA) is 79.0 Å². The molecule has 2 aromatic rings. The van der Waals surface area contributed by atoms with E-state index < -0.39 is 10.0 Å².